The molecule has 0 amide bonds. The molecular weight excluding hydrogens is 590 g/mol. The lowest BCUT2D eigenvalue weighted by Gasteiger charge is -2.30. The highest BCUT2D eigenvalue weighted by molar-refractivity contribution is 7.88. The number of rotatable bonds is 11. The first-order valence-electron chi connectivity index (χ1n) is 14.6. The van der Waals surface area contributed by atoms with Crippen molar-refractivity contribution in [3.63, 3.8) is 0 Å². The molecule has 3 aromatic rings. The van der Waals surface area contributed by atoms with Crippen molar-refractivity contribution in [2.75, 3.05) is 44.3 Å². The number of fused-ring (bicyclic) bond motifs is 1. The first kappa shape index (κ1) is 32.0. The maximum absolute atomic E-state index is 14.8. The third kappa shape index (κ3) is 7.12. The van der Waals surface area contributed by atoms with E-state index in [9.17, 15) is 17.2 Å². The monoisotopic (exact) mass is 630 g/mol. The normalized spacial score (nSPS) is 19.2. The Labute approximate surface area is 257 Å². The van der Waals surface area contributed by atoms with E-state index in [1.165, 1.54) is 11.4 Å². The van der Waals surface area contributed by atoms with Gasteiger partial charge in [0.2, 0.25) is 16.0 Å². The van der Waals surface area contributed by atoms with E-state index in [1.807, 2.05) is 43.3 Å². The molecule has 1 aliphatic carbocycles. The number of aromatic nitrogens is 2. The molecule has 1 aromatic heterocycles. The molecule has 2 atom stereocenters. The molecule has 5 rings (SSSR count). The van der Waals surface area contributed by atoms with Crippen molar-refractivity contribution in [1.29, 1.82) is 0 Å². The molecule has 2 unspecified atom stereocenters. The first-order valence-corrected chi connectivity index (χ1v) is 16.5. The standard InChI is InChI=1S/C31H40F2N6O4S/c1-19-14-27(42-4)25(16-21(19)17-34-22-10-12-43-13-11-22)37-30-35-18-24(31(2,32)33)29(38-30)36-26-15-20-8-6-7-9-23(20)28(26)39(3)44(5,40)41/h6-9,14,16,18,22,26,28,34H,10-13,15,17H2,1-5H3,(H2,35,36,37,38). The van der Waals surface area contributed by atoms with Crippen LogP contribution in [0.2, 0.25) is 0 Å². The van der Waals surface area contributed by atoms with Gasteiger partial charge in [-0.3, -0.25) is 0 Å². The summed E-state index contributed by atoms with van der Waals surface area (Å²) in [5.74, 6) is -2.68. The number of nitrogens with zero attached hydrogens (tertiary/aromatic N) is 3. The number of halogens is 2. The minimum atomic E-state index is -3.59. The van der Waals surface area contributed by atoms with Gasteiger partial charge in [-0.1, -0.05) is 24.3 Å². The number of methoxy groups -OCH3 is 1. The van der Waals surface area contributed by atoms with Crippen molar-refractivity contribution in [3.8, 4) is 5.75 Å². The fourth-order valence-corrected chi connectivity index (χ4v) is 6.54. The molecule has 0 saturated carbocycles. The van der Waals surface area contributed by atoms with Crippen molar-refractivity contribution < 1.29 is 26.7 Å². The van der Waals surface area contributed by atoms with E-state index >= 15 is 0 Å². The van der Waals surface area contributed by atoms with Gasteiger partial charge in [-0.05, 0) is 60.6 Å². The van der Waals surface area contributed by atoms with Gasteiger partial charge < -0.3 is 25.4 Å². The molecule has 44 heavy (non-hydrogen) atoms. The van der Waals surface area contributed by atoms with Crippen LogP contribution < -0.4 is 20.7 Å². The van der Waals surface area contributed by atoms with Crippen molar-refractivity contribution in [3.05, 3.63) is 70.4 Å². The van der Waals surface area contributed by atoms with E-state index in [0.717, 1.165) is 67.7 Å². The van der Waals surface area contributed by atoms with Crippen molar-refractivity contribution >= 4 is 27.5 Å². The molecule has 1 fully saturated rings. The smallest absolute Gasteiger partial charge is 0.275 e. The van der Waals surface area contributed by atoms with Crippen LogP contribution in [-0.2, 0) is 33.6 Å². The maximum atomic E-state index is 14.8. The third-order valence-electron chi connectivity index (χ3n) is 8.40. The zero-order valence-corrected chi connectivity index (χ0v) is 26.5. The third-order valence-corrected chi connectivity index (χ3v) is 9.67. The van der Waals surface area contributed by atoms with Gasteiger partial charge in [-0.25, -0.2) is 22.2 Å². The Kier molecular flexibility index (Phi) is 9.40. The zero-order chi connectivity index (χ0) is 31.6. The second kappa shape index (κ2) is 12.9. The molecule has 0 bridgehead atoms. The van der Waals surface area contributed by atoms with Crippen LogP contribution in [0.15, 0.2) is 42.6 Å². The largest absolute Gasteiger partial charge is 0.495 e. The van der Waals surface area contributed by atoms with Gasteiger partial charge in [0, 0.05) is 46.0 Å². The second-order valence-electron chi connectivity index (χ2n) is 11.6. The molecule has 0 radical (unpaired) electrons. The van der Waals surface area contributed by atoms with Gasteiger partial charge in [-0.15, -0.1) is 0 Å². The Hall–Kier alpha value is -3.39. The number of alkyl halides is 2. The van der Waals surface area contributed by atoms with E-state index in [1.54, 1.807) is 7.11 Å². The average molecular weight is 631 g/mol. The Morgan fingerprint density at radius 1 is 1.18 bits per heavy atom. The Morgan fingerprint density at radius 3 is 2.59 bits per heavy atom. The molecule has 13 heteroatoms. The quantitative estimate of drug-likeness (QED) is 0.272. The summed E-state index contributed by atoms with van der Waals surface area (Å²) in [6, 6.07) is 10.6. The summed E-state index contributed by atoms with van der Waals surface area (Å²) < 4.78 is 67.2. The fraction of sp³-hybridized carbons (Fsp3) is 0.484. The number of sulfonamides is 1. The SMILES string of the molecule is COc1cc(C)c(CNC2CCOCC2)cc1Nc1ncc(C(C)(F)F)c(NC2Cc3ccccc3C2N(C)S(C)(=O)=O)n1. The zero-order valence-electron chi connectivity index (χ0n) is 25.7. The summed E-state index contributed by atoms with van der Waals surface area (Å²) >= 11 is 0. The average Bonchev–Trinajstić information content (AvgIpc) is 3.33. The van der Waals surface area contributed by atoms with E-state index in [4.69, 9.17) is 9.47 Å². The molecular formula is C31H40F2N6O4S. The molecule has 10 nitrogen and oxygen atoms in total. The van der Waals surface area contributed by atoms with Crippen LogP contribution in [-0.4, -0.2) is 68.4 Å². The Bertz CT molecular complexity index is 1590. The van der Waals surface area contributed by atoms with E-state index < -0.39 is 33.6 Å². The summed E-state index contributed by atoms with van der Waals surface area (Å²) in [4.78, 5) is 8.72. The summed E-state index contributed by atoms with van der Waals surface area (Å²) in [6.45, 7) is 4.92. The Morgan fingerprint density at radius 2 is 1.91 bits per heavy atom. The molecule has 0 spiro atoms. The number of hydrogen-bond donors (Lipinski definition) is 3. The summed E-state index contributed by atoms with van der Waals surface area (Å²) in [5.41, 5.74) is 4.04. The van der Waals surface area contributed by atoms with Gasteiger partial charge in [0.1, 0.15) is 11.6 Å². The molecule has 3 N–H and O–H groups in total. The summed E-state index contributed by atoms with van der Waals surface area (Å²) in [6.07, 6.45) is 4.56. The number of nitrogens with one attached hydrogen (secondary N) is 3. The Balaban J connectivity index is 1.45. The topological polar surface area (TPSA) is 118 Å². The molecule has 1 aliphatic heterocycles. The second-order valence-corrected chi connectivity index (χ2v) is 13.6. The number of ether oxygens (including phenoxy) is 2. The highest BCUT2D eigenvalue weighted by atomic mass is 32.2. The van der Waals surface area contributed by atoms with Crippen LogP contribution in [0, 0.1) is 6.92 Å². The lowest BCUT2D eigenvalue weighted by molar-refractivity contribution is 0.0175. The summed E-state index contributed by atoms with van der Waals surface area (Å²) in [7, 11) is -0.537. The lowest BCUT2D eigenvalue weighted by Crippen LogP contribution is -2.39. The van der Waals surface area contributed by atoms with Gasteiger partial charge >= 0.3 is 0 Å². The lowest BCUT2D eigenvalue weighted by atomic mass is 10.0. The van der Waals surface area contributed by atoms with Gasteiger partial charge in [0.25, 0.3) is 5.92 Å². The predicted octanol–water partition coefficient (Wildman–Crippen LogP) is 4.89. The molecule has 2 aliphatic rings. The van der Waals surface area contributed by atoms with E-state index in [2.05, 4.69) is 25.9 Å². The minimum absolute atomic E-state index is 0.0767. The highest BCUT2D eigenvalue weighted by Gasteiger charge is 2.40. The number of benzene rings is 2. The van der Waals surface area contributed by atoms with Crippen LogP contribution >= 0.6 is 0 Å². The molecule has 2 heterocycles. The number of anilines is 3. The van der Waals surface area contributed by atoms with Crippen LogP contribution in [0.3, 0.4) is 0 Å². The predicted molar refractivity (Wildman–Crippen MR) is 166 cm³/mol. The fourth-order valence-electron chi connectivity index (χ4n) is 5.87. The maximum Gasteiger partial charge on any atom is 0.275 e. The van der Waals surface area contributed by atoms with Crippen molar-refractivity contribution in [1.82, 2.24) is 19.6 Å². The van der Waals surface area contributed by atoms with Crippen LogP contribution in [0.25, 0.3) is 0 Å². The first-order chi connectivity index (χ1) is 20.8. The van der Waals surface area contributed by atoms with Crippen LogP contribution in [0.1, 0.15) is 53.6 Å². The molecule has 2 aromatic carbocycles. The van der Waals surface area contributed by atoms with Crippen LogP contribution in [0.5, 0.6) is 5.75 Å². The van der Waals surface area contributed by atoms with E-state index in [-0.39, 0.29) is 11.8 Å². The van der Waals surface area contributed by atoms with Gasteiger partial charge in [-0.2, -0.15) is 9.29 Å². The van der Waals surface area contributed by atoms with E-state index in [0.29, 0.717) is 30.4 Å². The number of hydrogen-bond acceptors (Lipinski definition) is 9. The minimum Gasteiger partial charge on any atom is -0.495 e. The molecule has 1 saturated heterocycles. The van der Waals surface area contributed by atoms with Gasteiger partial charge in [0.15, 0.2) is 0 Å². The van der Waals surface area contributed by atoms with Gasteiger partial charge in [0.05, 0.1) is 36.7 Å². The number of likely N-dealkylation sites (N-methyl/N-ethyl adjacent to an activating group) is 1. The van der Waals surface area contributed by atoms with Crippen LogP contribution in [0.4, 0.5) is 26.2 Å². The highest BCUT2D eigenvalue weighted by Crippen LogP contribution is 2.40. The number of aryl methyl sites for hydroxylation is 1. The summed E-state index contributed by atoms with van der Waals surface area (Å²) in [5, 5.41) is 9.92. The van der Waals surface area contributed by atoms with Crippen molar-refractivity contribution in [2.24, 2.45) is 0 Å². The molecule has 238 valence electrons. The van der Waals surface area contributed by atoms with Crippen molar-refractivity contribution in [2.45, 2.75) is 63.7 Å².